The lowest BCUT2D eigenvalue weighted by atomic mass is 9.95. The number of aliphatic hydroxyl groups is 1. The number of nitrogens with zero attached hydrogens (tertiary/aromatic N) is 2. The zero-order valence-corrected chi connectivity index (χ0v) is 21.5. The number of benzene rings is 3. The molecule has 3 aromatic carbocycles. The number of aliphatic hydroxyl groups excluding tert-OH is 1. The van der Waals surface area contributed by atoms with Crippen molar-refractivity contribution in [1.29, 1.82) is 0 Å². The maximum absolute atomic E-state index is 13.4. The molecule has 1 fully saturated rings. The Morgan fingerprint density at radius 3 is 2.36 bits per heavy atom. The SMILES string of the molecule is CCOc1cccc(C(O)=C2C(=O)C(=O)N(Cc3cccnc3)C2c2ccc(OCc3ccccc3)cc2)c1. The van der Waals surface area contributed by atoms with E-state index in [0.717, 1.165) is 11.1 Å². The molecular formula is C32H28N2O5. The average molecular weight is 521 g/mol. The number of carbonyl (C=O) groups is 2. The monoisotopic (exact) mass is 520 g/mol. The normalized spacial score (nSPS) is 16.3. The van der Waals surface area contributed by atoms with Crippen LogP contribution in [0.1, 0.15) is 35.2 Å². The number of aromatic nitrogens is 1. The molecule has 5 rings (SSSR count). The molecular weight excluding hydrogens is 492 g/mol. The standard InChI is InChI=1S/C32H28N2O5/c1-2-38-27-12-6-11-25(18-27)30(35)28-29(34(32(37)31(28)36)20-23-10-7-17-33-19-23)24-13-15-26(16-14-24)39-21-22-8-4-3-5-9-22/h3-19,29,35H,2,20-21H2,1H3. The van der Waals surface area contributed by atoms with E-state index in [9.17, 15) is 14.7 Å². The Hall–Kier alpha value is -4.91. The smallest absolute Gasteiger partial charge is 0.295 e. The van der Waals surface area contributed by atoms with Crippen LogP contribution in [-0.4, -0.2) is 33.3 Å². The minimum Gasteiger partial charge on any atom is -0.507 e. The molecule has 1 N–H and O–H groups in total. The Morgan fingerprint density at radius 2 is 1.64 bits per heavy atom. The van der Waals surface area contributed by atoms with Crippen molar-refractivity contribution in [1.82, 2.24) is 9.88 Å². The Labute approximate surface area is 227 Å². The molecule has 196 valence electrons. The Bertz CT molecular complexity index is 1480. The van der Waals surface area contributed by atoms with E-state index < -0.39 is 17.7 Å². The van der Waals surface area contributed by atoms with Gasteiger partial charge in [-0.25, -0.2) is 0 Å². The molecule has 1 unspecified atom stereocenters. The van der Waals surface area contributed by atoms with E-state index in [1.807, 2.05) is 55.5 Å². The Kier molecular flexibility index (Phi) is 7.68. The maximum Gasteiger partial charge on any atom is 0.295 e. The van der Waals surface area contributed by atoms with Crippen LogP contribution >= 0.6 is 0 Å². The quantitative estimate of drug-likeness (QED) is 0.174. The molecule has 1 amide bonds. The molecule has 0 saturated carbocycles. The van der Waals surface area contributed by atoms with Crippen molar-refractivity contribution in [2.75, 3.05) is 6.61 Å². The number of pyridine rings is 1. The topological polar surface area (TPSA) is 89.0 Å². The molecule has 7 heteroatoms. The fraction of sp³-hybridized carbons (Fsp3) is 0.156. The molecule has 1 aliphatic heterocycles. The largest absolute Gasteiger partial charge is 0.507 e. The maximum atomic E-state index is 13.4. The van der Waals surface area contributed by atoms with Crippen molar-refractivity contribution in [3.05, 3.63) is 131 Å². The van der Waals surface area contributed by atoms with Crippen LogP contribution in [0.4, 0.5) is 0 Å². The molecule has 1 aromatic heterocycles. The number of ether oxygens (including phenoxy) is 2. The highest BCUT2D eigenvalue weighted by atomic mass is 16.5. The molecule has 7 nitrogen and oxygen atoms in total. The number of amides is 1. The van der Waals surface area contributed by atoms with Crippen molar-refractivity contribution >= 4 is 17.4 Å². The summed E-state index contributed by atoms with van der Waals surface area (Å²) in [6.07, 6.45) is 3.30. The first-order valence-corrected chi connectivity index (χ1v) is 12.7. The van der Waals surface area contributed by atoms with Gasteiger partial charge in [0.1, 0.15) is 23.9 Å². The van der Waals surface area contributed by atoms with E-state index in [0.29, 0.717) is 35.8 Å². The lowest BCUT2D eigenvalue weighted by Gasteiger charge is -2.25. The molecule has 2 heterocycles. The van der Waals surface area contributed by atoms with Gasteiger partial charge < -0.3 is 19.5 Å². The summed E-state index contributed by atoms with van der Waals surface area (Å²) >= 11 is 0. The summed E-state index contributed by atoms with van der Waals surface area (Å²) in [5.41, 5.74) is 2.91. The first-order valence-electron chi connectivity index (χ1n) is 12.7. The molecule has 4 aromatic rings. The molecule has 1 aliphatic rings. The molecule has 0 radical (unpaired) electrons. The van der Waals surface area contributed by atoms with Gasteiger partial charge >= 0.3 is 0 Å². The number of likely N-dealkylation sites (tertiary alicyclic amines) is 1. The van der Waals surface area contributed by atoms with Crippen molar-refractivity contribution < 1.29 is 24.2 Å². The van der Waals surface area contributed by atoms with Crippen LogP contribution in [0.15, 0.2) is 109 Å². The van der Waals surface area contributed by atoms with Gasteiger partial charge in [-0.05, 0) is 53.9 Å². The fourth-order valence-corrected chi connectivity index (χ4v) is 4.62. The van der Waals surface area contributed by atoms with Gasteiger partial charge in [0.25, 0.3) is 11.7 Å². The Morgan fingerprint density at radius 1 is 0.872 bits per heavy atom. The van der Waals surface area contributed by atoms with Crippen molar-refractivity contribution in [2.45, 2.75) is 26.1 Å². The number of Topliss-reactive ketones (excluding diaryl/α,β-unsaturated/α-hetero) is 1. The zero-order valence-electron chi connectivity index (χ0n) is 21.5. The Balaban J connectivity index is 1.52. The van der Waals surface area contributed by atoms with E-state index in [4.69, 9.17) is 9.47 Å². The third-order valence-electron chi connectivity index (χ3n) is 6.48. The van der Waals surface area contributed by atoms with Crippen LogP contribution in [-0.2, 0) is 22.7 Å². The summed E-state index contributed by atoms with van der Waals surface area (Å²) in [5, 5.41) is 11.4. The van der Waals surface area contributed by atoms with Gasteiger partial charge in [-0.15, -0.1) is 0 Å². The zero-order chi connectivity index (χ0) is 27.2. The van der Waals surface area contributed by atoms with Crippen LogP contribution in [0.5, 0.6) is 11.5 Å². The van der Waals surface area contributed by atoms with Crippen LogP contribution in [0.25, 0.3) is 5.76 Å². The number of rotatable bonds is 9. The third kappa shape index (κ3) is 5.67. The van der Waals surface area contributed by atoms with Gasteiger partial charge in [0, 0.05) is 24.5 Å². The molecule has 1 atom stereocenters. The molecule has 39 heavy (non-hydrogen) atoms. The summed E-state index contributed by atoms with van der Waals surface area (Å²) in [4.78, 5) is 32.3. The van der Waals surface area contributed by atoms with E-state index >= 15 is 0 Å². The van der Waals surface area contributed by atoms with Gasteiger partial charge in [0.2, 0.25) is 0 Å². The van der Waals surface area contributed by atoms with Crippen molar-refractivity contribution in [2.24, 2.45) is 0 Å². The second kappa shape index (κ2) is 11.6. The number of carbonyl (C=O) groups excluding carboxylic acids is 2. The molecule has 1 saturated heterocycles. The highest BCUT2D eigenvalue weighted by Crippen LogP contribution is 2.41. The van der Waals surface area contributed by atoms with Gasteiger partial charge in [-0.3, -0.25) is 14.6 Å². The fourth-order valence-electron chi connectivity index (χ4n) is 4.62. The third-order valence-corrected chi connectivity index (χ3v) is 6.48. The van der Waals surface area contributed by atoms with Gasteiger partial charge in [0.15, 0.2) is 0 Å². The van der Waals surface area contributed by atoms with Crippen molar-refractivity contribution in [3.63, 3.8) is 0 Å². The minimum atomic E-state index is -0.802. The highest BCUT2D eigenvalue weighted by molar-refractivity contribution is 6.46. The van der Waals surface area contributed by atoms with Gasteiger partial charge in [-0.2, -0.15) is 0 Å². The highest BCUT2D eigenvalue weighted by Gasteiger charge is 2.46. The summed E-state index contributed by atoms with van der Waals surface area (Å²) < 4.78 is 11.5. The first kappa shape index (κ1) is 25.7. The summed E-state index contributed by atoms with van der Waals surface area (Å²) in [5.74, 6) is -0.472. The number of hydrogen-bond acceptors (Lipinski definition) is 6. The summed E-state index contributed by atoms with van der Waals surface area (Å²) in [6.45, 7) is 2.89. The average Bonchev–Trinajstić information content (AvgIpc) is 3.22. The van der Waals surface area contributed by atoms with Crippen LogP contribution in [0, 0.1) is 0 Å². The van der Waals surface area contributed by atoms with Gasteiger partial charge in [-0.1, -0.05) is 60.7 Å². The predicted octanol–water partition coefficient (Wildman–Crippen LogP) is 5.68. The van der Waals surface area contributed by atoms with E-state index in [-0.39, 0.29) is 17.9 Å². The summed E-state index contributed by atoms with van der Waals surface area (Å²) in [7, 11) is 0. The second-order valence-corrected chi connectivity index (χ2v) is 9.09. The van der Waals surface area contributed by atoms with E-state index in [2.05, 4.69) is 4.98 Å². The van der Waals surface area contributed by atoms with Crippen LogP contribution in [0.2, 0.25) is 0 Å². The molecule has 0 bridgehead atoms. The van der Waals surface area contributed by atoms with Crippen LogP contribution < -0.4 is 9.47 Å². The minimum absolute atomic E-state index is 0.0236. The molecule has 0 aliphatic carbocycles. The van der Waals surface area contributed by atoms with Crippen molar-refractivity contribution in [3.8, 4) is 11.5 Å². The summed E-state index contributed by atoms with van der Waals surface area (Å²) in [6, 6.07) is 26.7. The number of ketones is 1. The van der Waals surface area contributed by atoms with Crippen LogP contribution in [0.3, 0.4) is 0 Å². The number of hydrogen-bond donors (Lipinski definition) is 1. The lowest BCUT2D eigenvalue weighted by molar-refractivity contribution is -0.140. The van der Waals surface area contributed by atoms with E-state index in [1.54, 1.807) is 54.9 Å². The second-order valence-electron chi connectivity index (χ2n) is 9.09. The molecule has 0 spiro atoms. The first-order chi connectivity index (χ1) is 19.0. The predicted molar refractivity (Wildman–Crippen MR) is 147 cm³/mol. The van der Waals surface area contributed by atoms with E-state index in [1.165, 1.54) is 4.90 Å². The lowest BCUT2D eigenvalue weighted by Crippen LogP contribution is -2.29. The van der Waals surface area contributed by atoms with Gasteiger partial charge in [0.05, 0.1) is 18.2 Å².